The monoisotopic (exact) mass is 454 g/mol. The lowest BCUT2D eigenvalue weighted by molar-refractivity contribution is -0.122. The quantitative estimate of drug-likeness (QED) is 0.487. The second-order valence-corrected chi connectivity index (χ2v) is 8.24. The summed E-state index contributed by atoms with van der Waals surface area (Å²) in [6, 6.07) is 10.6. The predicted molar refractivity (Wildman–Crippen MR) is 116 cm³/mol. The van der Waals surface area contributed by atoms with Gasteiger partial charge in [0.2, 0.25) is 5.91 Å². The van der Waals surface area contributed by atoms with Gasteiger partial charge in [-0.15, -0.1) is 0 Å². The van der Waals surface area contributed by atoms with Crippen LogP contribution in [0, 0.1) is 5.82 Å². The number of carbonyl (C=O) groups is 2. The van der Waals surface area contributed by atoms with Crippen LogP contribution in [0.25, 0.3) is 6.08 Å². The highest BCUT2D eigenvalue weighted by atomic mass is 35.5. The molecule has 1 saturated heterocycles. The smallest absolute Gasteiger partial charge is 0.266 e. The zero-order chi connectivity index (χ0) is 20.3. The van der Waals surface area contributed by atoms with Gasteiger partial charge in [0, 0.05) is 18.7 Å². The average Bonchev–Trinajstić information content (AvgIpc) is 2.92. The molecule has 2 aromatic carbocycles. The fraction of sp³-hybridized carbons (Fsp3) is 0.105. The minimum atomic E-state index is -0.387. The number of anilines is 1. The van der Waals surface area contributed by atoms with E-state index in [1.807, 2.05) is 0 Å². The minimum absolute atomic E-state index is 0.0506. The standard InChI is InChI=1S/C19H13Cl2FN2O2S2/c20-14-3-1-2-11(17(14)21)10-15-18(26)24(19(27)28-15)9-8-16(25)23-13-6-4-12(22)5-7-13/h1-7,10H,8-9H2,(H,23,25)/b15-10-. The molecule has 2 amide bonds. The molecule has 0 atom stereocenters. The molecule has 28 heavy (non-hydrogen) atoms. The first-order valence-electron chi connectivity index (χ1n) is 8.10. The van der Waals surface area contributed by atoms with E-state index >= 15 is 0 Å². The molecule has 1 aliphatic rings. The van der Waals surface area contributed by atoms with Gasteiger partial charge in [0.1, 0.15) is 10.1 Å². The number of benzene rings is 2. The van der Waals surface area contributed by atoms with Crippen LogP contribution in [0.4, 0.5) is 10.1 Å². The SMILES string of the molecule is O=C(CCN1C(=O)/C(=C/c2cccc(Cl)c2Cl)SC1=S)Nc1ccc(F)cc1. The van der Waals surface area contributed by atoms with E-state index in [1.54, 1.807) is 24.3 Å². The molecule has 1 heterocycles. The molecular formula is C19H13Cl2FN2O2S2. The first kappa shape index (κ1) is 20.8. The molecule has 4 nitrogen and oxygen atoms in total. The Balaban J connectivity index is 1.63. The van der Waals surface area contributed by atoms with Crippen LogP contribution in [-0.4, -0.2) is 27.6 Å². The molecule has 3 rings (SSSR count). The molecule has 144 valence electrons. The van der Waals surface area contributed by atoms with Crippen LogP contribution >= 0.6 is 47.2 Å². The number of hydrogen-bond donors (Lipinski definition) is 1. The Kier molecular flexibility index (Phi) is 6.72. The Bertz CT molecular complexity index is 980. The normalized spacial score (nSPS) is 15.4. The van der Waals surface area contributed by atoms with E-state index in [9.17, 15) is 14.0 Å². The van der Waals surface area contributed by atoms with Crippen molar-refractivity contribution in [2.75, 3.05) is 11.9 Å². The third kappa shape index (κ3) is 4.91. The van der Waals surface area contributed by atoms with Crippen LogP contribution in [0.1, 0.15) is 12.0 Å². The fourth-order valence-electron chi connectivity index (χ4n) is 2.44. The summed E-state index contributed by atoms with van der Waals surface area (Å²) < 4.78 is 13.3. The van der Waals surface area contributed by atoms with Crippen molar-refractivity contribution in [2.24, 2.45) is 0 Å². The lowest BCUT2D eigenvalue weighted by Gasteiger charge is -2.14. The van der Waals surface area contributed by atoms with Crippen LogP contribution < -0.4 is 5.32 Å². The number of carbonyl (C=O) groups excluding carboxylic acids is 2. The van der Waals surface area contributed by atoms with Gasteiger partial charge in [-0.1, -0.05) is 59.3 Å². The van der Waals surface area contributed by atoms with Gasteiger partial charge in [-0.25, -0.2) is 4.39 Å². The Hall–Kier alpha value is -1.93. The van der Waals surface area contributed by atoms with Crippen LogP contribution in [0.2, 0.25) is 10.0 Å². The minimum Gasteiger partial charge on any atom is -0.326 e. The molecule has 0 spiro atoms. The lowest BCUT2D eigenvalue weighted by atomic mass is 10.2. The van der Waals surface area contributed by atoms with Crippen molar-refractivity contribution in [3.8, 4) is 0 Å². The molecule has 0 aromatic heterocycles. The van der Waals surface area contributed by atoms with E-state index < -0.39 is 0 Å². The lowest BCUT2D eigenvalue weighted by Crippen LogP contribution is -2.31. The van der Waals surface area contributed by atoms with Gasteiger partial charge in [0.15, 0.2) is 0 Å². The van der Waals surface area contributed by atoms with Crippen molar-refractivity contribution in [3.05, 3.63) is 68.8 Å². The third-order valence-electron chi connectivity index (χ3n) is 3.83. The second-order valence-electron chi connectivity index (χ2n) is 5.78. The first-order chi connectivity index (χ1) is 13.3. The van der Waals surface area contributed by atoms with Crippen LogP contribution in [0.5, 0.6) is 0 Å². The summed E-state index contributed by atoms with van der Waals surface area (Å²) in [5.74, 6) is -0.981. The molecular weight excluding hydrogens is 442 g/mol. The molecule has 1 aliphatic heterocycles. The van der Waals surface area contributed by atoms with Crippen molar-refractivity contribution in [2.45, 2.75) is 6.42 Å². The van der Waals surface area contributed by atoms with E-state index in [4.69, 9.17) is 35.4 Å². The summed E-state index contributed by atoms with van der Waals surface area (Å²) in [7, 11) is 0. The van der Waals surface area contributed by atoms with E-state index in [0.29, 0.717) is 30.5 Å². The molecule has 0 aliphatic carbocycles. The zero-order valence-electron chi connectivity index (χ0n) is 14.2. The Morgan fingerprint density at radius 1 is 1.21 bits per heavy atom. The maximum Gasteiger partial charge on any atom is 0.266 e. The van der Waals surface area contributed by atoms with Gasteiger partial charge in [0.05, 0.1) is 15.0 Å². The molecule has 9 heteroatoms. The van der Waals surface area contributed by atoms with Crippen molar-refractivity contribution >= 4 is 75.1 Å². The van der Waals surface area contributed by atoms with E-state index in [1.165, 1.54) is 29.2 Å². The summed E-state index contributed by atoms with van der Waals surface area (Å²) in [6.07, 6.45) is 1.68. The van der Waals surface area contributed by atoms with Crippen molar-refractivity contribution in [3.63, 3.8) is 0 Å². The number of nitrogens with zero attached hydrogens (tertiary/aromatic N) is 1. The molecule has 2 aromatic rings. The highest BCUT2D eigenvalue weighted by molar-refractivity contribution is 8.26. The second kappa shape index (κ2) is 9.05. The van der Waals surface area contributed by atoms with Crippen molar-refractivity contribution in [1.82, 2.24) is 4.90 Å². The number of rotatable bonds is 5. The summed E-state index contributed by atoms with van der Waals surface area (Å²) in [4.78, 5) is 26.5. The number of nitrogens with one attached hydrogen (secondary N) is 1. The van der Waals surface area contributed by atoms with Gasteiger partial charge < -0.3 is 5.32 Å². The van der Waals surface area contributed by atoms with Gasteiger partial charge in [-0.3, -0.25) is 14.5 Å². The van der Waals surface area contributed by atoms with Crippen molar-refractivity contribution < 1.29 is 14.0 Å². The Morgan fingerprint density at radius 2 is 1.93 bits per heavy atom. The fourth-order valence-corrected chi connectivity index (χ4v) is 4.10. The molecule has 1 fully saturated rings. The molecule has 0 radical (unpaired) electrons. The number of hydrogen-bond acceptors (Lipinski definition) is 4. The van der Waals surface area contributed by atoms with Gasteiger partial charge >= 0.3 is 0 Å². The van der Waals surface area contributed by atoms with Crippen LogP contribution in [0.15, 0.2) is 47.4 Å². The topological polar surface area (TPSA) is 49.4 Å². The van der Waals surface area contributed by atoms with Gasteiger partial charge in [-0.05, 0) is 42.0 Å². The number of amides is 2. The highest BCUT2D eigenvalue weighted by Gasteiger charge is 2.32. The molecule has 0 bridgehead atoms. The largest absolute Gasteiger partial charge is 0.326 e. The number of thiocarbonyl (C=S) groups is 1. The summed E-state index contributed by atoms with van der Waals surface area (Å²) in [6.45, 7) is 0.137. The van der Waals surface area contributed by atoms with E-state index in [0.717, 1.165) is 11.8 Å². The average molecular weight is 455 g/mol. The Morgan fingerprint density at radius 3 is 2.64 bits per heavy atom. The summed E-state index contributed by atoms with van der Waals surface area (Å²) >= 11 is 18.6. The summed E-state index contributed by atoms with van der Waals surface area (Å²) in [5.41, 5.74) is 1.09. The van der Waals surface area contributed by atoms with Crippen molar-refractivity contribution in [1.29, 1.82) is 0 Å². The van der Waals surface area contributed by atoms with Crippen LogP contribution in [-0.2, 0) is 9.59 Å². The van der Waals surface area contributed by atoms with Gasteiger partial charge in [0.25, 0.3) is 5.91 Å². The molecule has 0 unspecified atom stereocenters. The number of halogens is 3. The Labute approximate surface area is 180 Å². The molecule has 0 saturated carbocycles. The molecule has 1 N–H and O–H groups in total. The predicted octanol–water partition coefficient (Wildman–Crippen LogP) is 5.36. The van der Waals surface area contributed by atoms with E-state index in [2.05, 4.69) is 5.32 Å². The zero-order valence-corrected chi connectivity index (χ0v) is 17.4. The van der Waals surface area contributed by atoms with E-state index in [-0.39, 0.29) is 30.6 Å². The van der Waals surface area contributed by atoms with Gasteiger partial charge in [-0.2, -0.15) is 0 Å². The maximum atomic E-state index is 12.9. The summed E-state index contributed by atoms with van der Waals surface area (Å²) in [5, 5.41) is 3.39. The number of thioether (sulfide) groups is 1. The highest BCUT2D eigenvalue weighted by Crippen LogP contribution is 2.35. The maximum absolute atomic E-state index is 12.9. The first-order valence-corrected chi connectivity index (χ1v) is 10.1. The van der Waals surface area contributed by atoms with Crippen LogP contribution in [0.3, 0.4) is 0 Å². The third-order valence-corrected chi connectivity index (χ3v) is 6.04.